The topological polar surface area (TPSA) is 74.2 Å². The van der Waals surface area contributed by atoms with Crippen molar-refractivity contribution in [3.8, 4) is 6.07 Å². The Morgan fingerprint density at radius 1 is 1.47 bits per heavy atom. The van der Waals surface area contributed by atoms with Crippen molar-refractivity contribution in [2.45, 2.75) is 6.42 Å². The lowest BCUT2D eigenvalue weighted by atomic mass is 10.2. The summed E-state index contributed by atoms with van der Waals surface area (Å²) < 4.78 is 4.83. The van der Waals surface area contributed by atoms with Gasteiger partial charge in [-0.25, -0.2) is 0 Å². The second kappa shape index (κ2) is 8.35. The first-order chi connectivity index (χ1) is 9.17. The van der Waals surface area contributed by atoms with E-state index in [1.54, 1.807) is 25.3 Å². The van der Waals surface area contributed by atoms with Gasteiger partial charge in [0.2, 0.25) is 5.91 Å². The Bertz CT molecular complexity index is 471. The van der Waals surface area contributed by atoms with Gasteiger partial charge in [0.1, 0.15) is 0 Å². The van der Waals surface area contributed by atoms with Gasteiger partial charge in [0.15, 0.2) is 0 Å². The average molecular weight is 282 g/mol. The lowest BCUT2D eigenvalue weighted by Gasteiger charge is -2.09. The van der Waals surface area contributed by atoms with Crippen LogP contribution in [0, 0.1) is 11.3 Å². The van der Waals surface area contributed by atoms with Crippen LogP contribution in [0.4, 0.5) is 5.69 Å². The first-order valence-corrected chi connectivity index (χ1v) is 6.24. The standard InChI is InChI=1S/C13H16ClN3O2/c1-19-7-6-17-13(18)4-5-16-12-3-2-10(9-15)8-11(12)14/h2-3,8,16H,4-7H2,1H3,(H,17,18). The van der Waals surface area contributed by atoms with Gasteiger partial charge in [-0.15, -0.1) is 0 Å². The highest BCUT2D eigenvalue weighted by Gasteiger charge is 2.03. The molecule has 0 atom stereocenters. The van der Waals surface area contributed by atoms with E-state index >= 15 is 0 Å². The van der Waals surface area contributed by atoms with Crippen LogP contribution < -0.4 is 10.6 Å². The van der Waals surface area contributed by atoms with E-state index in [4.69, 9.17) is 21.6 Å². The van der Waals surface area contributed by atoms with Gasteiger partial charge in [-0.05, 0) is 18.2 Å². The van der Waals surface area contributed by atoms with Gasteiger partial charge in [0.25, 0.3) is 0 Å². The van der Waals surface area contributed by atoms with E-state index in [1.165, 1.54) is 0 Å². The maximum absolute atomic E-state index is 11.4. The highest BCUT2D eigenvalue weighted by atomic mass is 35.5. The van der Waals surface area contributed by atoms with Crippen LogP contribution in [-0.2, 0) is 9.53 Å². The molecule has 0 saturated heterocycles. The van der Waals surface area contributed by atoms with Crippen LogP contribution in [0.15, 0.2) is 18.2 Å². The number of amides is 1. The summed E-state index contributed by atoms with van der Waals surface area (Å²) in [5, 5.41) is 15.0. The third kappa shape index (κ3) is 5.60. The lowest BCUT2D eigenvalue weighted by Crippen LogP contribution is -2.28. The number of carbonyl (C=O) groups excluding carboxylic acids is 1. The number of benzene rings is 1. The van der Waals surface area contributed by atoms with E-state index in [0.29, 0.717) is 42.4 Å². The van der Waals surface area contributed by atoms with E-state index in [2.05, 4.69) is 10.6 Å². The van der Waals surface area contributed by atoms with Gasteiger partial charge in [-0.3, -0.25) is 4.79 Å². The van der Waals surface area contributed by atoms with Crippen LogP contribution in [0.5, 0.6) is 0 Å². The van der Waals surface area contributed by atoms with Crippen molar-refractivity contribution in [1.29, 1.82) is 5.26 Å². The van der Waals surface area contributed by atoms with Gasteiger partial charge < -0.3 is 15.4 Å². The van der Waals surface area contributed by atoms with E-state index in [1.807, 2.05) is 6.07 Å². The molecular formula is C13H16ClN3O2. The van der Waals surface area contributed by atoms with Crippen molar-refractivity contribution in [2.24, 2.45) is 0 Å². The van der Waals surface area contributed by atoms with Gasteiger partial charge in [-0.2, -0.15) is 5.26 Å². The molecule has 0 unspecified atom stereocenters. The first-order valence-electron chi connectivity index (χ1n) is 5.86. The fourth-order valence-corrected chi connectivity index (χ4v) is 1.67. The quantitative estimate of drug-likeness (QED) is 0.747. The second-order valence-corrected chi connectivity index (χ2v) is 4.23. The molecule has 0 heterocycles. The van der Waals surface area contributed by atoms with Gasteiger partial charge in [-0.1, -0.05) is 11.6 Å². The monoisotopic (exact) mass is 281 g/mol. The minimum atomic E-state index is -0.0469. The number of ether oxygens (including phenoxy) is 1. The third-order valence-electron chi connectivity index (χ3n) is 2.39. The summed E-state index contributed by atoms with van der Waals surface area (Å²) in [6.07, 6.45) is 0.347. The summed E-state index contributed by atoms with van der Waals surface area (Å²) in [5.74, 6) is -0.0469. The molecule has 0 aromatic heterocycles. The van der Waals surface area contributed by atoms with Crippen molar-refractivity contribution in [3.63, 3.8) is 0 Å². The number of halogens is 1. The molecule has 1 aromatic rings. The number of nitrogens with one attached hydrogen (secondary N) is 2. The van der Waals surface area contributed by atoms with Crippen LogP contribution in [0.2, 0.25) is 5.02 Å². The number of rotatable bonds is 7. The first kappa shape index (κ1) is 15.3. The Labute approximate surface area is 117 Å². The van der Waals surface area contributed by atoms with Crippen LogP contribution in [0.1, 0.15) is 12.0 Å². The third-order valence-corrected chi connectivity index (χ3v) is 2.71. The number of carbonyl (C=O) groups is 1. The Kier molecular flexibility index (Phi) is 6.72. The largest absolute Gasteiger partial charge is 0.383 e. The summed E-state index contributed by atoms with van der Waals surface area (Å²) in [6.45, 7) is 1.48. The zero-order valence-electron chi connectivity index (χ0n) is 10.7. The number of anilines is 1. The molecule has 1 amide bonds. The fraction of sp³-hybridized carbons (Fsp3) is 0.385. The molecule has 0 saturated carbocycles. The summed E-state index contributed by atoms with van der Waals surface area (Å²) in [5.41, 5.74) is 1.22. The van der Waals surface area contributed by atoms with Crippen LogP contribution in [0.25, 0.3) is 0 Å². The van der Waals surface area contributed by atoms with Crippen LogP contribution in [0.3, 0.4) is 0 Å². The van der Waals surface area contributed by atoms with Crippen molar-refractivity contribution in [3.05, 3.63) is 28.8 Å². The minimum Gasteiger partial charge on any atom is -0.383 e. The molecule has 0 radical (unpaired) electrons. The molecule has 5 nitrogen and oxygen atoms in total. The fourth-order valence-electron chi connectivity index (χ4n) is 1.42. The Morgan fingerprint density at radius 3 is 2.89 bits per heavy atom. The SMILES string of the molecule is COCCNC(=O)CCNc1ccc(C#N)cc1Cl. The number of hydrogen-bond acceptors (Lipinski definition) is 4. The van der Waals surface area contributed by atoms with Crippen molar-refractivity contribution in [2.75, 3.05) is 32.1 Å². The molecule has 1 rings (SSSR count). The maximum atomic E-state index is 11.4. The smallest absolute Gasteiger partial charge is 0.221 e. The van der Waals surface area contributed by atoms with Crippen LogP contribution in [-0.4, -0.2) is 32.7 Å². The Morgan fingerprint density at radius 2 is 2.26 bits per heavy atom. The second-order valence-electron chi connectivity index (χ2n) is 3.83. The number of methoxy groups -OCH3 is 1. The predicted molar refractivity (Wildman–Crippen MR) is 74.2 cm³/mol. The summed E-state index contributed by atoms with van der Waals surface area (Å²) in [7, 11) is 1.58. The Balaban J connectivity index is 2.33. The van der Waals surface area contributed by atoms with Gasteiger partial charge in [0.05, 0.1) is 28.9 Å². The number of nitriles is 1. The average Bonchev–Trinajstić information content (AvgIpc) is 2.41. The summed E-state index contributed by atoms with van der Waals surface area (Å²) >= 11 is 6.00. The number of nitrogens with zero attached hydrogens (tertiary/aromatic N) is 1. The molecule has 0 aliphatic heterocycles. The van der Waals surface area contributed by atoms with Crippen molar-refractivity contribution >= 4 is 23.2 Å². The zero-order valence-corrected chi connectivity index (χ0v) is 11.5. The molecule has 0 fully saturated rings. The van der Waals surface area contributed by atoms with Gasteiger partial charge in [0, 0.05) is 26.6 Å². The van der Waals surface area contributed by atoms with Crippen molar-refractivity contribution in [1.82, 2.24) is 5.32 Å². The molecule has 0 spiro atoms. The predicted octanol–water partition coefficient (Wildman–Crippen LogP) is 1.78. The highest BCUT2D eigenvalue weighted by Crippen LogP contribution is 2.22. The minimum absolute atomic E-state index is 0.0469. The highest BCUT2D eigenvalue weighted by molar-refractivity contribution is 6.33. The Hall–Kier alpha value is -1.77. The van der Waals surface area contributed by atoms with E-state index < -0.39 is 0 Å². The van der Waals surface area contributed by atoms with E-state index in [9.17, 15) is 4.79 Å². The molecule has 6 heteroatoms. The van der Waals surface area contributed by atoms with Crippen LogP contribution >= 0.6 is 11.6 Å². The molecule has 2 N–H and O–H groups in total. The van der Waals surface area contributed by atoms with Gasteiger partial charge >= 0.3 is 0 Å². The molecule has 0 aliphatic carbocycles. The normalized spacial score (nSPS) is 9.74. The summed E-state index contributed by atoms with van der Waals surface area (Å²) in [4.78, 5) is 11.4. The van der Waals surface area contributed by atoms with E-state index in [-0.39, 0.29) is 5.91 Å². The van der Waals surface area contributed by atoms with Crippen molar-refractivity contribution < 1.29 is 9.53 Å². The lowest BCUT2D eigenvalue weighted by molar-refractivity contribution is -0.121. The number of hydrogen-bond donors (Lipinski definition) is 2. The molecule has 102 valence electrons. The molecule has 1 aromatic carbocycles. The zero-order chi connectivity index (χ0) is 14.1. The molecule has 0 aliphatic rings. The maximum Gasteiger partial charge on any atom is 0.221 e. The van der Waals surface area contributed by atoms with E-state index in [0.717, 1.165) is 0 Å². The molecule has 19 heavy (non-hydrogen) atoms. The summed E-state index contributed by atoms with van der Waals surface area (Å²) in [6, 6.07) is 7.00. The molecule has 0 bridgehead atoms. The molecular weight excluding hydrogens is 266 g/mol.